The van der Waals surface area contributed by atoms with Crippen molar-refractivity contribution in [1.29, 1.82) is 0 Å². The second-order valence-electron chi connectivity index (χ2n) is 4.78. The first-order valence-corrected chi connectivity index (χ1v) is 6.48. The third-order valence-corrected chi connectivity index (χ3v) is 3.43. The third kappa shape index (κ3) is 2.21. The molecular weight excluding hydrogens is 224 g/mol. The molecule has 2 aromatic rings. The average Bonchev–Trinajstić information content (AvgIpc) is 2.82. The molecule has 0 atom stereocenters. The van der Waals surface area contributed by atoms with E-state index >= 15 is 0 Å². The van der Waals surface area contributed by atoms with Crippen molar-refractivity contribution in [1.82, 2.24) is 9.97 Å². The molecule has 1 aliphatic rings. The number of fused-ring (bicyclic) bond motifs is 1. The maximum atomic E-state index is 12.1. The topological polar surface area (TPSA) is 45.8 Å². The van der Waals surface area contributed by atoms with E-state index in [1.807, 2.05) is 30.3 Å². The Kier molecular flexibility index (Phi) is 2.97. The number of aryl methyl sites for hydroxylation is 2. The number of carbonyl (C=O) groups excluding carboxylic acids is 1. The molecule has 3 heteroatoms. The molecule has 0 radical (unpaired) electrons. The predicted molar refractivity (Wildman–Crippen MR) is 69.7 cm³/mol. The Bertz CT molecular complexity index is 534. The summed E-state index contributed by atoms with van der Waals surface area (Å²) in [6, 6.07) is 9.40. The predicted octanol–water partition coefficient (Wildman–Crippen LogP) is 2.71. The van der Waals surface area contributed by atoms with Gasteiger partial charge in [0.1, 0.15) is 5.82 Å². The zero-order chi connectivity index (χ0) is 12.4. The molecule has 0 unspecified atom stereocenters. The van der Waals surface area contributed by atoms with Crippen molar-refractivity contribution in [3.63, 3.8) is 0 Å². The van der Waals surface area contributed by atoms with E-state index in [1.54, 1.807) is 0 Å². The molecule has 0 saturated heterocycles. The fraction of sp³-hybridized carbons (Fsp3) is 0.333. The van der Waals surface area contributed by atoms with Crippen LogP contribution in [0.15, 0.2) is 30.3 Å². The highest BCUT2D eigenvalue weighted by Gasteiger charge is 2.16. The van der Waals surface area contributed by atoms with E-state index in [0.717, 1.165) is 29.9 Å². The van der Waals surface area contributed by atoms with Crippen LogP contribution in [0.4, 0.5) is 0 Å². The highest BCUT2D eigenvalue weighted by atomic mass is 16.1. The van der Waals surface area contributed by atoms with Crippen molar-refractivity contribution >= 4 is 5.78 Å². The molecular formula is C15H16N2O. The summed E-state index contributed by atoms with van der Waals surface area (Å²) in [5, 5.41) is 0. The minimum Gasteiger partial charge on any atom is -0.345 e. The van der Waals surface area contributed by atoms with Crippen molar-refractivity contribution in [2.45, 2.75) is 32.1 Å². The Morgan fingerprint density at radius 1 is 1.17 bits per heavy atom. The second-order valence-corrected chi connectivity index (χ2v) is 4.78. The third-order valence-electron chi connectivity index (χ3n) is 3.43. The highest BCUT2D eigenvalue weighted by Crippen LogP contribution is 2.19. The van der Waals surface area contributed by atoms with Gasteiger partial charge in [0.2, 0.25) is 0 Å². The van der Waals surface area contributed by atoms with Gasteiger partial charge >= 0.3 is 0 Å². The number of H-pyrrole nitrogens is 1. The van der Waals surface area contributed by atoms with Crippen LogP contribution >= 0.6 is 0 Å². The van der Waals surface area contributed by atoms with Crippen LogP contribution in [0.2, 0.25) is 0 Å². The SMILES string of the molecule is O=C(Cc1nc2c([nH]1)CCCC2)c1ccccc1. The molecule has 0 fully saturated rings. The second kappa shape index (κ2) is 4.77. The van der Waals surface area contributed by atoms with E-state index < -0.39 is 0 Å². The van der Waals surface area contributed by atoms with Crippen molar-refractivity contribution in [3.05, 3.63) is 53.1 Å². The number of ketones is 1. The van der Waals surface area contributed by atoms with Crippen molar-refractivity contribution in [3.8, 4) is 0 Å². The Morgan fingerprint density at radius 3 is 2.72 bits per heavy atom. The quantitative estimate of drug-likeness (QED) is 0.838. The van der Waals surface area contributed by atoms with Crippen LogP contribution in [0.5, 0.6) is 0 Å². The van der Waals surface area contributed by atoms with E-state index in [9.17, 15) is 4.79 Å². The molecule has 0 aliphatic heterocycles. The number of imidazole rings is 1. The van der Waals surface area contributed by atoms with E-state index in [4.69, 9.17) is 0 Å². The first-order valence-electron chi connectivity index (χ1n) is 6.48. The lowest BCUT2D eigenvalue weighted by atomic mass is 10.0. The van der Waals surface area contributed by atoms with Gasteiger partial charge < -0.3 is 4.98 Å². The maximum Gasteiger partial charge on any atom is 0.170 e. The Morgan fingerprint density at radius 2 is 1.94 bits per heavy atom. The zero-order valence-corrected chi connectivity index (χ0v) is 10.3. The summed E-state index contributed by atoms with van der Waals surface area (Å²) in [4.78, 5) is 19.9. The Hall–Kier alpha value is -1.90. The monoisotopic (exact) mass is 240 g/mol. The van der Waals surface area contributed by atoms with E-state index in [-0.39, 0.29) is 5.78 Å². The lowest BCUT2D eigenvalue weighted by Gasteiger charge is -2.07. The van der Waals surface area contributed by atoms with Crippen LogP contribution in [0.25, 0.3) is 0 Å². The van der Waals surface area contributed by atoms with Crippen molar-refractivity contribution < 1.29 is 4.79 Å². The highest BCUT2D eigenvalue weighted by molar-refractivity contribution is 5.97. The largest absolute Gasteiger partial charge is 0.345 e. The lowest BCUT2D eigenvalue weighted by Crippen LogP contribution is -2.04. The van der Waals surface area contributed by atoms with Crippen LogP contribution in [-0.2, 0) is 19.3 Å². The van der Waals surface area contributed by atoms with Crippen LogP contribution in [-0.4, -0.2) is 15.8 Å². The van der Waals surface area contributed by atoms with Crippen LogP contribution in [0.3, 0.4) is 0 Å². The van der Waals surface area contributed by atoms with E-state index in [2.05, 4.69) is 9.97 Å². The molecule has 1 heterocycles. The molecule has 92 valence electrons. The number of carbonyl (C=O) groups is 1. The van der Waals surface area contributed by atoms with Gasteiger partial charge in [0, 0.05) is 11.3 Å². The molecule has 0 amide bonds. The number of rotatable bonds is 3. The fourth-order valence-electron chi connectivity index (χ4n) is 2.47. The Balaban J connectivity index is 1.77. The number of aromatic nitrogens is 2. The summed E-state index contributed by atoms with van der Waals surface area (Å²) in [6.45, 7) is 0. The van der Waals surface area contributed by atoms with Gasteiger partial charge in [-0.1, -0.05) is 30.3 Å². The van der Waals surface area contributed by atoms with Crippen LogP contribution < -0.4 is 0 Å². The first-order chi connectivity index (χ1) is 8.83. The Labute approximate surface area is 106 Å². The molecule has 1 N–H and O–H groups in total. The molecule has 1 aliphatic carbocycles. The van der Waals surface area contributed by atoms with Gasteiger partial charge in [-0.3, -0.25) is 4.79 Å². The molecule has 1 aromatic heterocycles. The molecule has 0 saturated carbocycles. The van der Waals surface area contributed by atoms with Gasteiger partial charge in [-0.15, -0.1) is 0 Å². The smallest absolute Gasteiger partial charge is 0.170 e. The number of hydrogen-bond acceptors (Lipinski definition) is 2. The molecule has 0 bridgehead atoms. The maximum absolute atomic E-state index is 12.1. The fourth-order valence-corrected chi connectivity index (χ4v) is 2.47. The van der Waals surface area contributed by atoms with Crippen molar-refractivity contribution in [2.24, 2.45) is 0 Å². The van der Waals surface area contributed by atoms with Gasteiger partial charge in [0.25, 0.3) is 0 Å². The van der Waals surface area contributed by atoms with E-state index in [1.165, 1.54) is 18.5 Å². The number of nitrogens with one attached hydrogen (secondary N) is 1. The summed E-state index contributed by atoms with van der Waals surface area (Å²) in [7, 11) is 0. The van der Waals surface area contributed by atoms with Gasteiger partial charge in [-0.05, 0) is 25.7 Å². The van der Waals surface area contributed by atoms with Crippen molar-refractivity contribution in [2.75, 3.05) is 0 Å². The van der Waals surface area contributed by atoms with Gasteiger partial charge in [0.05, 0.1) is 12.1 Å². The number of hydrogen-bond donors (Lipinski definition) is 1. The summed E-state index contributed by atoms with van der Waals surface area (Å²) in [5.41, 5.74) is 3.15. The number of benzene rings is 1. The molecule has 1 aromatic carbocycles. The molecule has 3 rings (SSSR count). The summed E-state index contributed by atoms with van der Waals surface area (Å²) >= 11 is 0. The summed E-state index contributed by atoms with van der Waals surface area (Å²) < 4.78 is 0. The first kappa shape index (κ1) is 11.2. The zero-order valence-electron chi connectivity index (χ0n) is 10.3. The van der Waals surface area contributed by atoms with Gasteiger partial charge in [0.15, 0.2) is 5.78 Å². The van der Waals surface area contributed by atoms with Gasteiger partial charge in [-0.2, -0.15) is 0 Å². The molecule has 18 heavy (non-hydrogen) atoms. The number of aromatic amines is 1. The van der Waals surface area contributed by atoms with E-state index in [0.29, 0.717) is 6.42 Å². The normalized spacial score (nSPS) is 14.2. The summed E-state index contributed by atoms with van der Waals surface area (Å²) in [5.74, 6) is 0.942. The average molecular weight is 240 g/mol. The van der Waals surface area contributed by atoms with Crippen LogP contribution in [0, 0.1) is 0 Å². The summed E-state index contributed by atoms with van der Waals surface area (Å²) in [6.07, 6.45) is 4.93. The van der Waals surface area contributed by atoms with Crippen LogP contribution in [0.1, 0.15) is 40.4 Å². The lowest BCUT2D eigenvalue weighted by molar-refractivity contribution is 0.0991. The number of nitrogens with zero attached hydrogens (tertiary/aromatic N) is 1. The molecule has 3 nitrogen and oxygen atoms in total. The minimum absolute atomic E-state index is 0.127. The minimum atomic E-state index is 0.127. The number of Topliss-reactive ketones (excluding diaryl/α,β-unsaturated/α-hetero) is 1. The molecule has 0 spiro atoms. The standard InChI is InChI=1S/C15H16N2O/c18-14(11-6-2-1-3-7-11)10-15-16-12-8-4-5-9-13(12)17-15/h1-3,6-7H,4-5,8-10H2,(H,16,17). The van der Waals surface area contributed by atoms with Gasteiger partial charge in [-0.25, -0.2) is 4.98 Å².